The standard InChI is InChI=1S/2C10H24N.H2O4S/c2*1-5-9-10-11(6-2,7-3)8-4;1-5(2,3)4/h2*5-10H2,1-4H3;(H2,1,2,3,4)/q2*+1;/p-2. The topological polar surface area (TPSA) is 80.3 Å². The molecular formula is C20H48N2O4S. The van der Waals surface area contributed by atoms with E-state index in [1.54, 1.807) is 0 Å². The van der Waals surface area contributed by atoms with Crippen molar-refractivity contribution in [2.45, 2.75) is 81.1 Å². The van der Waals surface area contributed by atoms with Crippen LogP contribution in [-0.2, 0) is 10.4 Å². The maximum Gasteiger partial charge on any atom is 0.0786 e. The zero-order valence-corrected chi connectivity index (χ0v) is 20.2. The molecule has 6 nitrogen and oxygen atoms in total. The zero-order valence-electron chi connectivity index (χ0n) is 19.4. The molecule has 0 rings (SSSR count). The van der Waals surface area contributed by atoms with Crippen LogP contribution in [0.1, 0.15) is 81.1 Å². The number of rotatable bonds is 12. The number of nitrogens with zero attached hydrogens (tertiary/aromatic N) is 2. The van der Waals surface area contributed by atoms with Crippen LogP contribution in [0.25, 0.3) is 0 Å². The molecule has 0 radical (unpaired) electrons. The molecule has 0 aromatic heterocycles. The number of unbranched alkanes of at least 4 members (excludes halogenated alkanes) is 2. The van der Waals surface area contributed by atoms with Gasteiger partial charge >= 0.3 is 0 Å². The first-order chi connectivity index (χ1) is 12.5. The number of hydrogen-bond acceptors (Lipinski definition) is 4. The van der Waals surface area contributed by atoms with Crippen LogP contribution in [-0.4, -0.2) is 78.8 Å². The van der Waals surface area contributed by atoms with Crippen LogP contribution in [0.5, 0.6) is 0 Å². The van der Waals surface area contributed by atoms with Crippen molar-refractivity contribution >= 4 is 10.4 Å². The van der Waals surface area contributed by atoms with E-state index in [0.29, 0.717) is 0 Å². The average molecular weight is 413 g/mol. The third-order valence-corrected chi connectivity index (χ3v) is 6.00. The predicted octanol–water partition coefficient (Wildman–Crippen LogP) is 3.99. The van der Waals surface area contributed by atoms with Gasteiger partial charge in [-0.3, -0.25) is 8.42 Å². The Hall–Kier alpha value is -0.210. The summed E-state index contributed by atoms with van der Waals surface area (Å²) in [6.45, 7) is 28.9. The van der Waals surface area contributed by atoms with Crippen molar-refractivity contribution in [1.29, 1.82) is 0 Å². The minimum absolute atomic E-state index is 1.30. The van der Waals surface area contributed by atoms with Gasteiger partial charge in [-0.1, -0.05) is 26.7 Å². The lowest BCUT2D eigenvalue weighted by atomic mass is 10.2. The molecule has 0 aromatic carbocycles. The quantitative estimate of drug-likeness (QED) is 0.276. The molecule has 0 bridgehead atoms. The fourth-order valence-corrected chi connectivity index (χ4v) is 3.28. The van der Waals surface area contributed by atoms with Gasteiger partial charge in [0.1, 0.15) is 0 Å². The summed E-state index contributed by atoms with van der Waals surface area (Å²) >= 11 is 0. The van der Waals surface area contributed by atoms with Crippen LogP contribution in [0.15, 0.2) is 0 Å². The maximum atomic E-state index is 8.52. The molecule has 0 fully saturated rings. The van der Waals surface area contributed by atoms with E-state index in [2.05, 4.69) is 55.4 Å². The second-order valence-electron chi connectivity index (χ2n) is 7.14. The summed E-state index contributed by atoms with van der Waals surface area (Å²) in [7, 11) is -5.17. The molecule has 7 heteroatoms. The van der Waals surface area contributed by atoms with Crippen molar-refractivity contribution < 1.29 is 26.5 Å². The van der Waals surface area contributed by atoms with Gasteiger partial charge in [0.15, 0.2) is 0 Å². The average Bonchev–Trinajstić information content (AvgIpc) is 2.64. The Morgan fingerprint density at radius 3 is 0.852 bits per heavy atom. The fraction of sp³-hybridized carbons (Fsp3) is 1.00. The minimum Gasteiger partial charge on any atom is -0.759 e. The Bertz CT molecular complexity index is 358. The van der Waals surface area contributed by atoms with E-state index in [1.807, 2.05) is 0 Å². The second kappa shape index (κ2) is 17.9. The molecule has 27 heavy (non-hydrogen) atoms. The first-order valence-electron chi connectivity index (χ1n) is 10.9. The first kappa shape index (κ1) is 31.5. The smallest absolute Gasteiger partial charge is 0.0786 e. The van der Waals surface area contributed by atoms with E-state index in [-0.39, 0.29) is 0 Å². The van der Waals surface area contributed by atoms with Crippen molar-refractivity contribution in [2.24, 2.45) is 0 Å². The summed E-state index contributed by atoms with van der Waals surface area (Å²) in [5.74, 6) is 0. The van der Waals surface area contributed by atoms with Gasteiger partial charge in [0, 0.05) is 10.4 Å². The SMILES string of the molecule is CCCC[N+](CC)(CC)CC.CCCC[N+](CC)(CC)CC.O=S(=O)([O-])[O-]. The summed E-state index contributed by atoms with van der Waals surface area (Å²) in [5, 5.41) is 0. The molecule has 0 aromatic rings. The fourth-order valence-electron chi connectivity index (χ4n) is 3.28. The molecular weight excluding hydrogens is 364 g/mol. The molecule has 0 spiro atoms. The number of hydrogen-bond donors (Lipinski definition) is 0. The lowest BCUT2D eigenvalue weighted by molar-refractivity contribution is -0.923. The molecule has 0 aliphatic rings. The molecule has 0 saturated heterocycles. The van der Waals surface area contributed by atoms with Crippen LogP contribution in [0.2, 0.25) is 0 Å². The van der Waals surface area contributed by atoms with E-state index >= 15 is 0 Å². The molecule has 0 unspecified atom stereocenters. The van der Waals surface area contributed by atoms with E-state index < -0.39 is 10.4 Å². The van der Waals surface area contributed by atoms with Crippen LogP contribution in [0.3, 0.4) is 0 Å². The van der Waals surface area contributed by atoms with Crippen molar-refractivity contribution in [3.63, 3.8) is 0 Å². The van der Waals surface area contributed by atoms with Crippen LogP contribution in [0.4, 0.5) is 0 Å². The summed E-state index contributed by atoms with van der Waals surface area (Å²) in [6, 6.07) is 0. The summed E-state index contributed by atoms with van der Waals surface area (Å²) in [6.07, 6.45) is 5.44. The minimum atomic E-state index is -5.17. The van der Waals surface area contributed by atoms with Gasteiger partial charge in [-0.25, -0.2) is 0 Å². The predicted molar refractivity (Wildman–Crippen MR) is 114 cm³/mol. The van der Waals surface area contributed by atoms with E-state index in [4.69, 9.17) is 17.5 Å². The largest absolute Gasteiger partial charge is 0.759 e. The van der Waals surface area contributed by atoms with Gasteiger partial charge in [0.05, 0.1) is 52.4 Å². The van der Waals surface area contributed by atoms with Crippen molar-refractivity contribution in [3.8, 4) is 0 Å². The van der Waals surface area contributed by atoms with Gasteiger partial charge in [-0.05, 0) is 54.4 Å². The maximum absolute atomic E-state index is 8.52. The van der Waals surface area contributed by atoms with Crippen LogP contribution in [0, 0.1) is 0 Å². The van der Waals surface area contributed by atoms with Crippen molar-refractivity contribution in [3.05, 3.63) is 0 Å². The third kappa shape index (κ3) is 18.9. The van der Waals surface area contributed by atoms with Gasteiger partial charge in [0.2, 0.25) is 0 Å². The molecule has 0 N–H and O–H groups in total. The Morgan fingerprint density at radius 1 is 0.556 bits per heavy atom. The highest BCUT2D eigenvalue weighted by Crippen LogP contribution is 2.08. The Kier molecular flexibility index (Phi) is 20.8. The zero-order chi connectivity index (χ0) is 22.0. The normalized spacial score (nSPS) is 11.9. The molecule has 168 valence electrons. The molecule has 0 atom stereocenters. The van der Waals surface area contributed by atoms with Crippen LogP contribution >= 0.6 is 0 Å². The molecule has 0 saturated carbocycles. The Morgan fingerprint density at radius 2 is 0.741 bits per heavy atom. The molecule has 0 aliphatic carbocycles. The molecule has 0 aliphatic heterocycles. The Balaban J connectivity index is -0.000000344. The van der Waals surface area contributed by atoms with Crippen molar-refractivity contribution in [1.82, 2.24) is 0 Å². The molecule has 0 amide bonds. The van der Waals surface area contributed by atoms with E-state index in [0.717, 1.165) is 0 Å². The monoisotopic (exact) mass is 412 g/mol. The van der Waals surface area contributed by atoms with Gasteiger partial charge < -0.3 is 18.1 Å². The summed E-state index contributed by atoms with van der Waals surface area (Å²) in [5.41, 5.74) is 0. The van der Waals surface area contributed by atoms with Gasteiger partial charge in [-0.2, -0.15) is 0 Å². The van der Waals surface area contributed by atoms with E-state index in [1.165, 1.54) is 87.0 Å². The first-order valence-corrected chi connectivity index (χ1v) is 12.2. The highest BCUT2D eigenvalue weighted by atomic mass is 32.3. The summed E-state index contributed by atoms with van der Waals surface area (Å²) < 4.78 is 36.7. The molecule has 0 heterocycles. The lowest BCUT2D eigenvalue weighted by Gasteiger charge is -2.35. The summed E-state index contributed by atoms with van der Waals surface area (Å²) in [4.78, 5) is 0. The second-order valence-corrected chi connectivity index (χ2v) is 7.96. The lowest BCUT2D eigenvalue weighted by Crippen LogP contribution is -2.48. The van der Waals surface area contributed by atoms with Gasteiger partial charge in [-0.15, -0.1) is 0 Å². The third-order valence-electron chi connectivity index (χ3n) is 6.00. The van der Waals surface area contributed by atoms with Gasteiger partial charge in [0.25, 0.3) is 0 Å². The van der Waals surface area contributed by atoms with E-state index in [9.17, 15) is 0 Å². The highest BCUT2D eigenvalue weighted by molar-refractivity contribution is 7.79. The number of quaternary nitrogens is 2. The highest BCUT2D eigenvalue weighted by Gasteiger charge is 2.19. The van der Waals surface area contributed by atoms with Crippen molar-refractivity contribution in [2.75, 3.05) is 52.4 Å². The van der Waals surface area contributed by atoms with Crippen LogP contribution < -0.4 is 0 Å². The Labute approximate surface area is 170 Å².